The Morgan fingerprint density at radius 3 is 2.67 bits per heavy atom. The van der Waals surface area contributed by atoms with Gasteiger partial charge in [0.05, 0.1) is 6.42 Å². The molecular formula is C12H15N5O. The molecule has 0 saturated heterocycles. The van der Waals surface area contributed by atoms with Crippen LogP contribution in [0, 0.1) is 5.92 Å². The fraction of sp³-hybridized carbons (Fsp3) is 0.417. The summed E-state index contributed by atoms with van der Waals surface area (Å²) >= 11 is 0. The van der Waals surface area contributed by atoms with Crippen molar-refractivity contribution in [2.24, 2.45) is 5.92 Å². The van der Waals surface area contributed by atoms with Crippen LogP contribution in [0.2, 0.25) is 0 Å². The van der Waals surface area contributed by atoms with Gasteiger partial charge in [-0.1, -0.05) is 13.8 Å². The van der Waals surface area contributed by atoms with Crippen LogP contribution in [0.3, 0.4) is 0 Å². The van der Waals surface area contributed by atoms with E-state index in [4.69, 9.17) is 0 Å². The second-order valence-electron chi connectivity index (χ2n) is 4.42. The first-order valence-corrected chi connectivity index (χ1v) is 5.83. The zero-order valence-electron chi connectivity index (χ0n) is 10.4. The number of ketones is 1. The summed E-state index contributed by atoms with van der Waals surface area (Å²) in [5.41, 5.74) is 0. The van der Waals surface area contributed by atoms with Gasteiger partial charge in [-0.2, -0.15) is 5.10 Å². The number of nitrogens with zero attached hydrogens (tertiary/aromatic N) is 5. The fourth-order valence-corrected chi connectivity index (χ4v) is 1.59. The summed E-state index contributed by atoms with van der Waals surface area (Å²) in [5.74, 6) is 1.18. The van der Waals surface area contributed by atoms with E-state index in [2.05, 4.69) is 33.9 Å². The Morgan fingerprint density at radius 1 is 1.28 bits per heavy atom. The smallest absolute Gasteiger partial charge is 0.207 e. The van der Waals surface area contributed by atoms with Gasteiger partial charge in [-0.05, 0) is 12.0 Å². The summed E-state index contributed by atoms with van der Waals surface area (Å²) in [6.07, 6.45) is 4.76. The molecule has 2 rings (SSSR count). The van der Waals surface area contributed by atoms with Crippen LogP contribution in [0.1, 0.15) is 30.3 Å². The Labute approximate surface area is 105 Å². The van der Waals surface area contributed by atoms with Gasteiger partial charge in [0.2, 0.25) is 5.78 Å². The molecule has 6 heteroatoms. The molecule has 18 heavy (non-hydrogen) atoms. The number of hydrogen-bond acceptors (Lipinski definition) is 5. The van der Waals surface area contributed by atoms with Crippen molar-refractivity contribution in [2.45, 2.75) is 26.8 Å². The predicted octanol–water partition coefficient (Wildman–Crippen LogP) is 1.15. The summed E-state index contributed by atoms with van der Waals surface area (Å²) in [6.45, 7) is 4.93. The Kier molecular flexibility index (Phi) is 3.76. The van der Waals surface area contributed by atoms with Crippen LogP contribution in [0.25, 0.3) is 0 Å². The molecular weight excluding hydrogens is 230 g/mol. The summed E-state index contributed by atoms with van der Waals surface area (Å²) in [5, 5.41) is 4.12. The number of aromatic nitrogens is 5. The summed E-state index contributed by atoms with van der Waals surface area (Å²) in [4.78, 5) is 23.9. The zero-order chi connectivity index (χ0) is 13.0. The van der Waals surface area contributed by atoms with Crippen LogP contribution in [0.4, 0.5) is 0 Å². The average molecular weight is 245 g/mol. The second kappa shape index (κ2) is 5.48. The molecule has 0 aliphatic heterocycles. The maximum atomic E-state index is 11.9. The second-order valence-corrected chi connectivity index (χ2v) is 4.42. The van der Waals surface area contributed by atoms with Crippen molar-refractivity contribution in [1.82, 2.24) is 24.7 Å². The quantitative estimate of drug-likeness (QED) is 0.739. The highest BCUT2D eigenvalue weighted by Crippen LogP contribution is 2.04. The van der Waals surface area contributed by atoms with Crippen LogP contribution in [-0.4, -0.2) is 30.5 Å². The van der Waals surface area contributed by atoms with Gasteiger partial charge in [0, 0.05) is 18.9 Å². The lowest BCUT2D eigenvalue weighted by Crippen LogP contribution is -2.15. The van der Waals surface area contributed by atoms with E-state index in [-0.39, 0.29) is 18.0 Å². The molecule has 2 aromatic rings. The highest BCUT2D eigenvalue weighted by atomic mass is 16.1. The van der Waals surface area contributed by atoms with E-state index in [0.29, 0.717) is 11.7 Å². The molecule has 0 aromatic carbocycles. The molecule has 0 fully saturated rings. The minimum atomic E-state index is -0.145. The third-order valence-electron chi connectivity index (χ3n) is 2.37. The fourth-order valence-electron chi connectivity index (χ4n) is 1.59. The minimum Gasteiger partial charge on any atom is -0.290 e. The number of hydrogen-bond donors (Lipinski definition) is 0. The molecule has 0 N–H and O–H groups in total. The first-order valence-electron chi connectivity index (χ1n) is 5.83. The Morgan fingerprint density at radius 2 is 2.00 bits per heavy atom. The van der Waals surface area contributed by atoms with Gasteiger partial charge in [0.25, 0.3) is 0 Å². The SMILES string of the molecule is CC(C)Cn1ncnc1CC(=O)c1ncccn1. The molecule has 0 saturated carbocycles. The van der Waals surface area contributed by atoms with Crippen molar-refractivity contribution in [1.29, 1.82) is 0 Å². The molecule has 0 spiro atoms. The minimum absolute atomic E-state index is 0.145. The van der Waals surface area contributed by atoms with Crippen LogP contribution in [-0.2, 0) is 13.0 Å². The van der Waals surface area contributed by atoms with Gasteiger partial charge < -0.3 is 0 Å². The first kappa shape index (κ1) is 12.3. The standard InChI is InChI=1S/C12H15N5O/c1-9(2)7-17-11(15-8-16-17)6-10(18)12-13-4-3-5-14-12/h3-5,8-9H,6-7H2,1-2H3. The number of rotatable bonds is 5. The van der Waals surface area contributed by atoms with Gasteiger partial charge in [0.15, 0.2) is 5.82 Å². The Bertz CT molecular complexity index is 520. The molecule has 0 unspecified atom stereocenters. The van der Waals surface area contributed by atoms with Crippen molar-refractivity contribution in [3.8, 4) is 0 Å². The molecule has 94 valence electrons. The van der Waals surface area contributed by atoms with Gasteiger partial charge in [0.1, 0.15) is 12.2 Å². The third-order valence-corrected chi connectivity index (χ3v) is 2.37. The summed E-state index contributed by atoms with van der Waals surface area (Å²) in [6, 6.07) is 1.68. The van der Waals surface area contributed by atoms with Crippen molar-refractivity contribution < 1.29 is 4.79 Å². The Balaban J connectivity index is 2.10. The average Bonchev–Trinajstić information content (AvgIpc) is 2.77. The van der Waals surface area contributed by atoms with E-state index in [1.54, 1.807) is 23.1 Å². The molecule has 0 amide bonds. The van der Waals surface area contributed by atoms with E-state index in [1.807, 2.05) is 0 Å². The van der Waals surface area contributed by atoms with Crippen molar-refractivity contribution >= 4 is 5.78 Å². The van der Waals surface area contributed by atoms with E-state index < -0.39 is 0 Å². The molecule has 2 aromatic heterocycles. The zero-order valence-corrected chi connectivity index (χ0v) is 10.4. The van der Waals surface area contributed by atoms with Crippen molar-refractivity contribution in [2.75, 3.05) is 0 Å². The lowest BCUT2D eigenvalue weighted by atomic mass is 10.2. The number of carbonyl (C=O) groups is 1. The van der Waals surface area contributed by atoms with Crippen LogP contribution >= 0.6 is 0 Å². The molecule has 0 radical (unpaired) electrons. The predicted molar refractivity (Wildman–Crippen MR) is 64.9 cm³/mol. The van der Waals surface area contributed by atoms with Gasteiger partial charge in [-0.3, -0.25) is 4.79 Å². The monoisotopic (exact) mass is 245 g/mol. The molecule has 0 bridgehead atoms. The van der Waals surface area contributed by atoms with Crippen LogP contribution in [0.15, 0.2) is 24.8 Å². The summed E-state index contributed by atoms with van der Waals surface area (Å²) < 4.78 is 1.76. The van der Waals surface area contributed by atoms with Crippen molar-refractivity contribution in [3.63, 3.8) is 0 Å². The van der Waals surface area contributed by atoms with E-state index in [9.17, 15) is 4.79 Å². The highest BCUT2D eigenvalue weighted by molar-refractivity contribution is 5.93. The van der Waals surface area contributed by atoms with E-state index in [1.165, 1.54) is 6.33 Å². The largest absolute Gasteiger partial charge is 0.290 e. The molecule has 0 aliphatic carbocycles. The molecule has 0 aliphatic rings. The van der Waals surface area contributed by atoms with Gasteiger partial charge in [-0.15, -0.1) is 0 Å². The van der Waals surface area contributed by atoms with E-state index in [0.717, 1.165) is 6.54 Å². The third kappa shape index (κ3) is 2.97. The lowest BCUT2D eigenvalue weighted by Gasteiger charge is -2.07. The summed E-state index contributed by atoms with van der Waals surface area (Å²) in [7, 11) is 0. The first-order chi connectivity index (χ1) is 8.66. The maximum absolute atomic E-state index is 11.9. The van der Waals surface area contributed by atoms with Gasteiger partial charge >= 0.3 is 0 Å². The molecule has 0 atom stereocenters. The normalized spacial score (nSPS) is 10.8. The van der Waals surface area contributed by atoms with Crippen molar-refractivity contribution in [3.05, 3.63) is 36.4 Å². The number of Topliss-reactive ketones (excluding diaryl/α,β-unsaturated/α-hetero) is 1. The Hall–Kier alpha value is -2.11. The van der Waals surface area contributed by atoms with E-state index >= 15 is 0 Å². The highest BCUT2D eigenvalue weighted by Gasteiger charge is 2.14. The number of carbonyl (C=O) groups excluding carboxylic acids is 1. The maximum Gasteiger partial charge on any atom is 0.207 e. The molecule has 2 heterocycles. The van der Waals surface area contributed by atoms with Crippen LogP contribution in [0.5, 0.6) is 0 Å². The van der Waals surface area contributed by atoms with Gasteiger partial charge in [-0.25, -0.2) is 19.6 Å². The lowest BCUT2D eigenvalue weighted by molar-refractivity contribution is 0.0979. The topological polar surface area (TPSA) is 73.6 Å². The molecule has 6 nitrogen and oxygen atoms in total. The van der Waals surface area contributed by atoms with Crippen LogP contribution < -0.4 is 0 Å².